The first-order valence-corrected chi connectivity index (χ1v) is 7.09. The van der Waals surface area contributed by atoms with Crippen LogP contribution in [-0.2, 0) is 10.8 Å². The molecule has 1 aromatic rings. The zero-order valence-electron chi connectivity index (χ0n) is 11.7. The largest absolute Gasteiger partial charge is 0.171 e. The van der Waals surface area contributed by atoms with Crippen LogP contribution in [0.5, 0.6) is 0 Å². The van der Waals surface area contributed by atoms with E-state index in [2.05, 4.69) is 65.4 Å². The van der Waals surface area contributed by atoms with Gasteiger partial charge in [0, 0.05) is 5.25 Å². The normalized spacial score (nSPS) is 22.9. The van der Waals surface area contributed by atoms with Crippen molar-refractivity contribution in [2.45, 2.75) is 63.5 Å². The van der Waals surface area contributed by atoms with Gasteiger partial charge in [-0.15, -0.1) is 0 Å². The summed E-state index contributed by atoms with van der Waals surface area (Å²) in [6.07, 6.45) is 2.56. The van der Waals surface area contributed by atoms with Crippen molar-refractivity contribution in [3.8, 4) is 0 Å². The summed E-state index contributed by atoms with van der Waals surface area (Å²) in [5.41, 5.74) is 5.05. The van der Waals surface area contributed by atoms with Gasteiger partial charge in [0.2, 0.25) is 0 Å². The molecule has 0 radical (unpaired) electrons. The van der Waals surface area contributed by atoms with Crippen molar-refractivity contribution >= 4 is 12.6 Å². The molecule has 0 fully saturated rings. The number of thiol groups is 1. The Morgan fingerprint density at radius 3 is 2.06 bits per heavy atom. The van der Waals surface area contributed by atoms with Crippen molar-refractivity contribution < 1.29 is 0 Å². The second kappa shape index (κ2) is 4.05. The number of rotatable bonds is 1. The molecule has 0 unspecified atom stereocenters. The number of fused-ring (bicyclic) bond motifs is 1. The summed E-state index contributed by atoms with van der Waals surface area (Å²) < 4.78 is 0. The van der Waals surface area contributed by atoms with Crippen molar-refractivity contribution in [2.24, 2.45) is 0 Å². The average Bonchev–Trinajstić information content (AvgIpc) is 2.24. The average molecular weight is 248 g/mol. The van der Waals surface area contributed by atoms with E-state index in [9.17, 15) is 0 Å². The van der Waals surface area contributed by atoms with E-state index in [1.165, 1.54) is 29.5 Å². The zero-order valence-corrected chi connectivity index (χ0v) is 12.6. The third kappa shape index (κ3) is 2.27. The van der Waals surface area contributed by atoms with Gasteiger partial charge in [-0.05, 0) is 47.3 Å². The molecule has 0 saturated carbocycles. The van der Waals surface area contributed by atoms with Gasteiger partial charge in [-0.1, -0.05) is 45.9 Å². The highest BCUT2D eigenvalue weighted by Crippen LogP contribution is 2.46. The van der Waals surface area contributed by atoms with Gasteiger partial charge in [0.15, 0.2) is 0 Å². The molecule has 1 aliphatic rings. The van der Waals surface area contributed by atoms with Crippen LogP contribution in [0.3, 0.4) is 0 Å². The third-order valence-electron chi connectivity index (χ3n) is 4.36. The first-order valence-electron chi connectivity index (χ1n) is 6.57. The van der Waals surface area contributed by atoms with Gasteiger partial charge >= 0.3 is 0 Å². The van der Waals surface area contributed by atoms with Gasteiger partial charge in [-0.3, -0.25) is 0 Å². The molecule has 1 heteroatoms. The van der Waals surface area contributed by atoms with E-state index in [1.54, 1.807) is 0 Å². The van der Waals surface area contributed by atoms with E-state index in [1.807, 2.05) is 0 Å². The van der Waals surface area contributed by atoms with Crippen LogP contribution in [0.4, 0.5) is 0 Å². The minimum absolute atomic E-state index is 0.309. The molecule has 0 amide bonds. The van der Waals surface area contributed by atoms with Crippen LogP contribution in [0.1, 0.15) is 69.4 Å². The molecule has 0 heterocycles. The second-order valence-electron chi connectivity index (χ2n) is 6.75. The van der Waals surface area contributed by atoms with Gasteiger partial charge in [0.1, 0.15) is 0 Å². The summed E-state index contributed by atoms with van der Waals surface area (Å²) in [5.74, 6) is 0. The highest BCUT2D eigenvalue weighted by Gasteiger charge is 2.36. The molecule has 0 saturated heterocycles. The van der Waals surface area contributed by atoms with Crippen molar-refractivity contribution in [1.82, 2.24) is 0 Å². The topological polar surface area (TPSA) is 0 Å². The lowest BCUT2D eigenvalue weighted by Crippen LogP contribution is -2.33. The maximum absolute atomic E-state index is 4.56. The van der Waals surface area contributed by atoms with Gasteiger partial charge in [-0.25, -0.2) is 0 Å². The van der Waals surface area contributed by atoms with E-state index in [4.69, 9.17) is 0 Å². The fraction of sp³-hybridized carbons (Fsp3) is 0.625. The molecule has 17 heavy (non-hydrogen) atoms. The molecule has 94 valence electrons. The Balaban J connectivity index is 2.60. The van der Waals surface area contributed by atoms with Crippen molar-refractivity contribution in [3.05, 3.63) is 34.9 Å². The predicted octanol–water partition coefficient (Wildman–Crippen LogP) is 5.03. The highest BCUT2D eigenvalue weighted by atomic mass is 32.1. The maximum atomic E-state index is 4.56. The smallest absolute Gasteiger partial charge is 0.0238 e. The minimum atomic E-state index is 0.309. The summed E-state index contributed by atoms with van der Waals surface area (Å²) in [5, 5.41) is 0.320. The van der Waals surface area contributed by atoms with Crippen LogP contribution < -0.4 is 0 Å². The molecule has 0 aliphatic heterocycles. The molecule has 0 N–H and O–H groups in total. The first kappa shape index (κ1) is 13.0. The Morgan fingerprint density at radius 1 is 1.00 bits per heavy atom. The molecule has 0 nitrogen and oxygen atoms in total. The molecule has 0 aromatic heterocycles. The fourth-order valence-corrected chi connectivity index (χ4v) is 3.03. The van der Waals surface area contributed by atoms with Crippen molar-refractivity contribution in [2.75, 3.05) is 0 Å². The van der Waals surface area contributed by atoms with Crippen LogP contribution in [0, 0.1) is 0 Å². The molecule has 0 spiro atoms. The summed E-state index contributed by atoms with van der Waals surface area (Å²) in [7, 11) is 0. The molecule has 1 aliphatic carbocycles. The summed E-state index contributed by atoms with van der Waals surface area (Å²) in [6, 6.07) is 6.96. The summed E-state index contributed by atoms with van der Waals surface area (Å²) >= 11 is 4.56. The second-order valence-corrected chi connectivity index (χ2v) is 7.52. The Kier molecular flexibility index (Phi) is 3.10. The Hall–Kier alpha value is -0.430. The monoisotopic (exact) mass is 248 g/mol. The molecule has 1 aromatic carbocycles. The van der Waals surface area contributed by atoms with Crippen LogP contribution in [-0.4, -0.2) is 0 Å². The molecular weight excluding hydrogens is 224 g/mol. The number of benzene rings is 1. The Labute approximate surface area is 111 Å². The van der Waals surface area contributed by atoms with Gasteiger partial charge in [-0.2, -0.15) is 12.6 Å². The van der Waals surface area contributed by atoms with Crippen molar-refractivity contribution in [1.29, 1.82) is 0 Å². The van der Waals surface area contributed by atoms with Crippen molar-refractivity contribution in [3.63, 3.8) is 0 Å². The molecule has 1 atom stereocenters. The Morgan fingerprint density at radius 2 is 1.53 bits per heavy atom. The quantitative estimate of drug-likeness (QED) is 0.662. The lowest BCUT2D eigenvalue weighted by Gasteiger charge is -2.42. The standard InChI is InChI=1S/C16H24S/c1-11(17)12-6-7-13-14(10-12)16(4,5)9-8-15(13,2)3/h6-7,10-11,17H,8-9H2,1-5H3/t11-/m0/s1. The maximum Gasteiger partial charge on any atom is 0.0238 e. The van der Waals surface area contributed by atoms with Crippen LogP contribution in [0.15, 0.2) is 18.2 Å². The van der Waals surface area contributed by atoms with E-state index in [-0.39, 0.29) is 0 Å². The lowest BCUT2D eigenvalue weighted by atomic mass is 9.63. The molecule has 0 bridgehead atoms. The van der Waals surface area contributed by atoms with Crippen LogP contribution in [0.25, 0.3) is 0 Å². The predicted molar refractivity (Wildman–Crippen MR) is 79.1 cm³/mol. The van der Waals surface area contributed by atoms with Crippen LogP contribution in [0.2, 0.25) is 0 Å². The highest BCUT2D eigenvalue weighted by molar-refractivity contribution is 7.80. The zero-order chi connectivity index (χ0) is 12.8. The lowest BCUT2D eigenvalue weighted by molar-refractivity contribution is 0.331. The van der Waals surface area contributed by atoms with E-state index < -0.39 is 0 Å². The number of hydrogen-bond donors (Lipinski definition) is 1. The van der Waals surface area contributed by atoms with Gasteiger partial charge < -0.3 is 0 Å². The number of hydrogen-bond acceptors (Lipinski definition) is 1. The van der Waals surface area contributed by atoms with Crippen LogP contribution >= 0.6 is 12.6 Å². The van der Waals surface area contributed by atoms with E-state index >= 15 is 0 Å². The van der Waals surface area contributed by atoms with Gasteiger partial charge in [0.05, 0.1) is 0 Å². The van der Waals surface area contributed by atoms with E-state index in [0.717, 1.165) is 0 Å². The Bertz CT molecular complexity index is 427. The molecular formula is C16H24S. The fourth-order valence-electron chi connectivity index (χ4n) is 2.87. The SMILES string of the molecule is C[C@H](S)c1ccc2c(c1)C(C)(C)CCC2(C)C. The van der Waals surface area contributed by atoms with Gasteiger partial charge in [0.25, 0.3) is 0 Å². The minimum Gasteiger partial charge on any atom is -0.171 e. The first-order chi connectivity index (χ1) is 7.74. The summed E-state index contributed by atoms with van der Waals surface area (Å²) in [6.45, 7) is 11.6. The molecule has 2 rings (SSSR count). The summed E-state index contributed by atoms with van der Waals surface area (Å²) in [4.78, 5) is 0. The van der Waals surface area contributed by atoms with E-state index in [0.29, 0.717) is 16.1 Å². The third-order valence-corrected chi connectivity index (χ3v) is 4.66.